The summed E-state index contributed by atoms with van der Waals surface area (Å²) in [7, 11) is 0. The van der Waals surface area contributed by atoms with E-state index in [-0.39, 0.29) is 23.8 Å². The second-order valence-electron chi connectivity index (χ2n) is 10.6. The fraction of sp³-hybridized carbons (Fsp3) is 0.448. The van der Waals surface area contributed by atoms with Crippen molar-refractivity contribution < 1.29 is 13.9 Å². The van der Waals surface area contributed by atoms with Gasteiger partial charge in [0.25, 0.3) is 0 Å². The monoisotopic (exact) mass is 566 g/mol. The molecule has 4 aromatic rings. The Morgan fingerprint density at radius 3 is 2.24 bits per heavy atom. The minimum Gasteiger partial charge on any atom is -0.381 e. The van der Waals surface area contributed by atoms with E-state index < -0.39 is 23.3 Å². The predicted molar refractivity (Wildman–Crippen MR) is 151 cm³/mol. The molecule has 2 atom stereocenters. The third-order valence-corrected chi connectivity index (χ3v) is 8.30. The quantitative estimate of drug-likeness (QED) is 0.314. The second-order valence-corrected chi connectivity index (χ2v) is 10.6. The molecule has 0 saturated carbocycles. The van der Waals surface area contributed by atoms with Gasteiger partial charge in [0.05, 0.1) is 18.3 Å². The molecule has 1 fully saturated rings. The molecule has 0 amide bonds. The van der Waals surface area contributed by atoms with Gasteiger partial charge in [-0.2, -0.15) is 10.2 Å². The number of aliphatic hydroxyl groups is 1. The van der Waals surface area contributed by atoms with Gasteiger partial charge in [0.1, 0.15) is 36.2 Å². The van der Waals surface area contributed by atoms with Crippen LogP contribution in [0, 0.1) is 11.6 Å². The Labute approximate surface area is 237 Å². The molecule has 1 aliphatic heterocycles. The van der Waals surface area contributed by atoms with Crippen LogP contribution in [0.25, 0.3) is 5.69 Å². The summed E-state index contributed by atoms with van der Waals surface area (Å²) in [6, 6.07) is 10.6. The van der Waals surface area contributed by atoms with Crippen LogP contribution in [0.5, 0.6) is 0 Å². The molecule has 1 N–H and O–H groups in total. The van der Waals surface area contributed by atoms with E-state index in [9.17, 15) is 18.7 Å². The molecule has 5 rings (SSSR count). The molecular formula is C29H36F2N8O2. The predicted octanol–water partition coefficient (Wildman–Crippen LogP) is 3.36. The Morgan fingerprint density at radius 2 is 1.63 bits per heavy atom. The SMILES string of the molecule is CCC(CC)n1ncn(-c2ccc(N3CCN([C@@H](C)[C@@](O)(Cn4cncn4)c4ccc(F)cc4F)CC3)cc2)c1=O. The van der Waals surface area contributed by atoms with Crippen LogP contribution in [-0.2, 0) is 12.1 Å². The number of nitrogens with zero attached hydrogens (tertiary/aromatic N) is 8. The van der Waals surface area contributed by atoms with Crippen molar-refractivity contribution in [1.82, 2.24) is 34.0 Å². The number of anilines is 1. The zero-order valence-corrected chi connectivity index (χ0v) is 23.6. The van der Waals surface area contributed by atoms with E-state index in [2.05, 4.69) is 25.0 Å². The Balaban J connectivity index is 1.29. The topological polar surface area (TPSA) is 97.2 Å². The van der Waals surface area contributed by atoms with Crippen molar-refractivity contribution >= 4 is 5.69 Å². The van der Waals surface area contributed by atoms with Gasteiger partial charge >= 0.3 is 5.69 Å². The molecule has 0 unspecified atom stereocenters. The van der Waals surface area contributed by atoms with Gasteiger partial charge in [0, 0.05) is 49.5 Å². The zero-order valence-electron chi connectivity index (χ0n) is 23.6. The number of benzene rings is 2. The van der Waals surface area contributed by atoms with Gasteiger partial charge in [-0.05, 0) is 50.1 Å². The molecule has 1 saturated heterocycles. The van der Waals surface area contributed by atoms with Crippen LogP contribution in [0.3, 0.4) is 0 Å². The lowest BCUT2D eigenvalue weighted by Crippen LogP contribution is -2.57. The molecule has 2 aromatic carbocycles. The molecule has 0 radical (unpaired) electrons. The van der Waals surface area contributed by atoms with Crippen molar-refractivity contribution in [3.63, 3.8) is 0 Å². The highest BCUT2D eigenvalue weighted by Gasteiger charge is 2.42. The summed E-state index contributed by atoms with van der Waals surface area (Å²) < 4.78 is 33.2. The third kappa shape index (κ3) is 5.66. The van der Waals surface area contributed by atoms with Crippen molar-refractivity contribution in [3.05, 3.63) is 89.1 Å². The molecule has 41 heavy (non-hydrogen) atoms. The fourth-order valence-corrected chi connectivity index (χ4v) is 5.72. The Bertz CT molecular complexity index is 1490. The number of piperazine rings is 1. The summed E-state index contributed by atoms with van der Waals surface area (Å²) >= 11 is 0. The van der Waals surface area contributed by atoms with Gasteiger partial charge < -0.3 is 10.0 Å². The van der Waals surface area contributed by atoms with Crippen LogP contribution in [-0.4, -0.2) is 71.3 Å². The number of halogens is 2. The highest BCUT2D eigenvalue weighted by molar-refractivity contribution is 5.51. The van der Waals surface area contributed by atoms with Crippen molar-refractivity contribution in [3.8, 4) is 5.69 Å². The standard InChI is InChI=1S/C29H36F2N8O2/c1-4-23(5-2)39-28(40)38(20-34-39)25-9-7-24(8-10-25)36-14-12-35(13-15-36)21(3)29(41,17-37-19-32-18-33-37)26-11-6-22(30)16-27(26)31/h6-11,16,18-21,23,41H,4-5,12-15,17H2,1-3H3/t21-,29-/m0/s1. The van der Waals surface area contributed by atoms with Crippen LogP contribution in [0.1, 0.15) is 45.2 Å². The van der Waals surface area contributed by atoms with Gasteiger partial charge in [-0.1, -0.05) is 19.9 Å². The average Bonchev–Trinajstić information content (AvgIpc) is 3.63. The number of aromatic nitrogens is 6. The summed E-state index contributed by atoms with van der Waals surface area (Å²) in [5.41, 5.74) is -0.0407. The summed E-state index contributed by atoms with van der Waals surface area (Å²) in [6.45, 7) is 8.51. The van der Waals surface area contributed by atoms with Crippen molar-refractivity contribution in [2.45, 2.75) is 57.8 Å². The lowest BCUT2D eigenvalue weighted by Gasteiger charge is -2.45. The summed E-state index contributed by atoms with van der Waals surface area (Å²) in [5, 5.41) is 20.3. The zero-order chi connectivity index (χ0) is 29.1. The highest BCUT2D eigenvalue weighted by Crippen LogP contribution is 2.33. The smallest absolute Gasteiger partial charge is 0.350 e. The first-order valence-electron chi connectivity index (χ1n) is 14.0. The molecule has 1 aliphatic rings. The first-order valence-corrected chi connectivity index (χ1v) is 14.0. The van der Waals surface area contributed by atoms with Gasteiger partial charge in [-0.15, -0.1) is 0 Å². The Kier molecular flexibility index (Phi) is 8.32. The van der Waals surface area contributed by atoms with Crippen LogP contribution >= 0.6 is 0 Å². The van der Waals surface area contributed by atoms with E-state index in [1.54, 1.807) is 15.6 Å². The minimum absolute atomic E-state index is 0.0164. The van der Waals surface area contributed by atoms with Gasteiger partial charge in [-0.25, -0.2) is 32.5 Å². The summed E-state index contributed by atoms with van der Waals surface area (Å²) in [5.74, 6) is -1.51. The van der Waals surface area contributed by atoms with Crippen molar-refractivity contribution in [1.29, 1.82) is 0 Å². The van der Waals surface area contributed by atoms with E-state index in [0.29, 0.717) is 26.2 Å². The van der Waals surface area contributed by atoms with E-state index in [1.165, 1.54) is 23.4 Å². The number of hydrogen-bond donors (Lipinski definition) is 1. The molecule has 0 bridgehead atoms. The van der Waals surface area contributed by atoms with Crippen LogP contribution in [0.4, 0.5) is 14.5 Å². The molecule has 3 heterocycles. The first-order chi connectivity index (χ1) is 19.7. The Hall–Kier alpha value is -3.90. The van der Waals surface area contributed by atoms with Crippen LogP contribution in [0.2, 0.25) is 0 Å². The molecule has 218 valence electrons. The van der Waals surface area contributed by atoms with Gasteiger partial charge in [0.15, 0.2) is 0 Å². The maximum absolute atomic E-state index is 14.9. The van der Waals surface area contributed by atoms with Crippen molar-refractivity contribution in [2.75, 3.05) is 31.1 Å². The normalized spacial score (nSPS) is 16.7. The number of rotatable bonds is 10. The molecule has 2 aromatic heterocycles. The van der Waals surface area contributed by atoms with E-state index in [4.69, 9.17) is 0 Å². The molecule has 0 aliphatic carbocycles. The van der Waals surface area contributed by atoms with Gasteiger partial charge in [-0.3, -0.25) is 4.90 Å². The molecular weight excluding hydrogens is 530 g/mol. The lowest BCUT2D eigenvalue weighted by atomic mass is 9.85. The first kappa shape index (κ1) is 28.6. The van der Waals surface area contributed by atoms with Crippen molar-refractivity contribution in [2.24, 2.45) is 0 Å². The minimum atomic E-state index is -1.68. The molecule has 10 nitrogen and oxygen atoms in total. The number of hydrogen-bond acceptors (Lipinski definition) is 7. The van der Waals surface area contributed by atoms with E-state index >= 15 is 0 Å². The second kappa shape index (κ2) is 11.9. The molecule has 0 spiro atoms. The van der Waals surface area contributed by atoms with Crippen LogP contribution in [0.15, 0.2) is 66.2 Å². The van der Waals surface area contributed by atoms with Crippen LogP contribution < -0.4 is 10.6 Å². The fourth-order valence-electron chi connectivity index (χ4n) is 5.72. The highest BCUT2D eigenvalue weighted by atomic mass is 19.1. The average molecular weight is 567 g/mol. The van der Waals surface area contributed by atoms with E-state index in [1.807, 2.05) is 45.0 Å². The maximum atomic E-state index is 14.9. The van der Waals surface area contributed by atoms with E-state index in [0.717, 1.165) is 36.3 Å². The maximum Gasteiger partial charge on any atom is 0.350 e. The summed E-state index contributed by atoms with van der Waals surface area (Å²) in [6.07, 6.45) is 6.07. The molecule has 12 heteroatoms. The summed E-state index contributed by atoms with van der Waals surface area (Å²) in [4.78, 5) is 21.2. The van der Waals surface area contributed by atoms with Gasteiger partial charge in [0.2, 0.25) is 0 Å². The third-order valence-electron chi connectivity index (χ3n) is 8.30. The Morgan fingerprint density at radius 1 is 0.951 bits per heavy atom. The largest absolute Gasteiger partial charge is 0.381 e. The lowest BCUT2D eigenvalue weighted by molar-refractivity contribution is -0.0650.